The highest BCUT2D eigenvalue weighted by molar-refractivity contribution is 5.85. The summed E-state index contributed by atoms with van der Waals surface area (Å²) in [7, 11) is 0. The number of allylic oxidation sites excluding steroid dienone is 1. The topological polar surface area (TPSA) is 101 Å². The lowest BCUT2D eigenvalue weighted by Gasteiger charge is -2.58. The zero-order valence-corrected chi connectivity index (χ0v) is 32.7. The van der Waals surface area contributed by atoms with Crippen LogP contribution in [0.15, 0.2) is 11.6 Å². The summed E-state index contributed by atoms with van der Waals surface area (Å²) >= 11 is 0. The minimum Gasteiger partial charge on any atom is -0.352 e. The molecule has 0 radical (unpaired) electrons. The molecule has 6 nitrogen and oxygen atoms in total. The number of nitrogens with two attached hydrogens (primary N) is 2. The van der Waals surface area contributed by atoms with E-state index in [4.69, 9.17) is 11.5 Å². The summed E-state index contributed by atoms with van der Waals surface area (Å²) < 4.78 is 0. The zero-order valence-electron chi connectivity index (χ0n) is 32.7. The van der Waals surface area contributed by atoms with E-state index in [2.05, 4.69) is 46.0 Å². The Hall–Kier alpha value is -1.40. The molecule has 282 valence electrons. The molecule has 0 saturated heterocycles. The molecule has 49 heavy (non-hydrogen) atoms. The maximum Gasteiger partial charge on any atom is 0.239 e. The van der Waals surface area contributed by atoms with Crippen LogP contribution >= 0.6 is 0 Å². The molecule has 5 N–H and O–H groups in total. The Kier molecular flexibility index (Phi) is 16.0. The zero-order chi connectivity index (χ0) is 35.4. The number of fused-ring (bicyclic) bond motifs is 5. The van der Waals surface area contributed by atoms with Gasteiger partial charge in [0.1, 0.15) is 0 Å². The molecule has 0 aromatic carbocycles. The van der Waals surface area contributed by atoms with Gasteiger partial charge in [-0.25, -0.2) is 0 Å². The van der Waals surface area contributed by atoms with Crippen LogP contribution in [0, 0.1) is 46.3 Å². The maximum atomic E-state index is 13.5. The van der Waals surface area contributed by atoms with Crippen molar-refractivity contribution < 1.29 is 9.59 Å². The fraction of sp³-hybridized carbons (Fsp3) is 0.907. The summed E-state index contributed by atoms with van der Waals surface area (Å²) in [6, 6.07) is 0.184. The maximum absolute atomic E-state index is 13.5. The van der Waals surface area contributed by atoms with Gasteiger partial charge in [0.05, 0.1) is 6.54 Å². The van der Waals surface area contributed by atoms with Crippen molar-refractivity contribution in [1.29, 1.82) is 0 Å². The molecule has 2 amide bonds. The van der Waals surface area contributed by atoms with E-state index in [1.807, 2.05) is 4.90 Å². The van der Waals surface area contributed by atoms with Gasteiger partial charge in [0.25, 0.3) is 0 Å². The van der Waals surface area contributed by atoms with Gasteiger partial charge in [0, 0.05) is 19.0 Å². The molecule has 0 aromatic heterocycles. The van der Waals surface area contributed by atoms with Gasteiger partial charge >= 0.3 is 0 Å². The van der Waals surface area contributed by atoms with E-state index in [1.165, 1.54) is 77.0 Å². The van der Waals surface area contributed by atoms with Crippen molar-refractivity contribution in [3.05, 3.63) is 11.6 Å². The fourth-order valence-electron chi connectivity index (χ4n) is 11.5. The van der Waals surface area contributed by atoms with Crippen LogP contribution in [0.2, 0.25) is 0 Å². The predicted molar refractivity (Wildman–Crippen MR) is 206 cm³/mol. The molecule has 4 rings (SSSR count). The summed E-state index contributed by atoms with van der Waals surface area (Å²) in [4.78, 5) is 28.5. The molecule has 0 heterocycles. The van der Waals surface area contributed by atoms with Crippen molar-refractivity contribution in [3.8, 4) is 0 Å². The summed E-state index contributed by atoms with van der Waals surface area (Å²) in [5, 5.41) is 3.41. The second-order valence-corrected chi connectivity index (χ2v) is 18.1. The first-order valence-corrected chi connectivity index (χ1v) is 21.2. The third-order valence-corrected chi connectivity index (χ3v) is 14.3. The number of amides is 2. The Morgan fingerprint density at radius 2 is 1.53 bits per heavy atom. The lowest BCUT2D eigenvalue weighted by Crippen LogP contribution is -2.52. The molecule has 3 fully saturated rings. The number of nitrogens with zero attached hydrogens (tertiary/aromatic N) is 1. The normalized spacial score (nSPS) is 31.4. The van der Waals surface area contributed by atoms with E-state index in [-0.39, 0.29) is 29.8 Å². The first-order valence-electron chi connectivity index (χ1n) is 21.2. The molecular weight excluding hydrogens is 604 g/mol. The standard InChI is InChI=1S/C43H78N4O2/c1-32(2)16-15-17-33(3)37-21-22-38-36-20-19-34-30-35(23-25-42(34,4)39(36)24-26-43(37,38)5)46-40(48)31-47(41(49)18-11-10-13-28-45)29-14-9-7-6-8-12-27-44/h19,32-33,35-39H,6-18,20-31,44-45H2,1-5H3,(H,46,48)/t33-,35+,36+,37-,38+,39+,42+,43-/m1/s1. The Labute approximate surface area is 302 Å². The second-order valence-electron chi connectivity index (χ2n) is 18.1. The lowest BCUT2D eigenvalue weighted by atomic mass is 9.47. The Morgan fingerprint density at radius 3 is 2.24 bits per heavy atom. The number of hydrogen-bond acceptors (Lipinski definition) is 4. The van der Waals surface area contributed by atoms with Crippen LogP contribution in [0.1, 0.15) is 169 Å². The molecule has 8 atom stereocenters. The van der Waals surface area contributed by atoms with Crippen molar-refractivity contribution in [3.63, 3.8) is 0 Å². The third-order valence-electron chi connectivity index (χ3n) is 14.3. The SMILES string of the molecule is CC(C)CCC[C@@H](C)[C@H]1CC[C@H]2[C@@H]3CC=C4C[C@@H](NC(=O)CN(CCCCCCCCN)C(=O)CCCCCN)CC[C@]4(C)[C@H]3CC[C@]12C. The smallest absolute Gasteiger partial charge is 0.239 e. The lowest BCUT2D eigenvalue weighted by molar-refractivity contribution is -0.136. The van der Waals surface area contributed by atoms with Gasteiger partial charge in [-0.1, -0.05) is 97.6 Å². The van der Waals surface area contributed by atoms with Crippen LogP contribution in [0.3, 0.4) is 0 Å². The number of unbranched alkanes of at least 4 members (excludes halogenated alkanes) is 7. The Morgan fingerprint density at radius 1 is 0.837 bits per heavy atom. The highest BCUT2D eigenvalue weighted by Crippen LogP contribution is 2.67. The molecular formula is C43H78N4O2. The van der Waals surface area contributed by atoms with Crippen LogP contribution < -0.4 is 16.8 Å². The number of nitrogens with one attached hydrogen (secondary N) is 1. The van der Waals surface area contributed by atoms with Gasteiger partial charge < -0.3 is 21.7 Å². The molecule has 0 unspecified atom stereocenters. The number of rotatable bonds is 21. The first kappa shape index (κ1) is 40.4. The van der Waals surface area contributed by atoms with Crippen molar-refractivity contribution >= 4 is 11.8 Å². The molecule has 0 aliphatic heterocycles. The van der Waals surface area contributed by atoms with E-state index < -0.39 is 0 Å². The van der Waals surface area contributed by atoms with Crippen molar-refractivity contribution in [1.82, 2.24) is 10.2 Å². The molecule has 0 spiro atoms. The van der Waals surface area contributed by atoms with Crippen LogP contribution in [0.4, 0.5) is 0 Å². The average Bonchev–Trinajstić information content (AvgIpc) is 3.43. The molecule has 4 aliphatic rings. The van der Waals surface area contributed by atoms with Crippen LogP contribution in [0.25, 0.3) is 0 Å². The quantitative estimate of drug-likeness (QED) is 0.0830. The molecule has 3 saturated carbocycles. The summed E-state index contributed by atoms with van der Waals surface area (Å²) in [5.41, 5.74) is 13.7. The number of carbonyl (C=O) groups excluding carboxylic acids is 2. The van der Waals surface area contributed by atoms with Crippen LogP contribution in [-0.4, -0.2) is 48.9 Å². The van der Waals surface area contributed by atoms with E-state index in [0.717, 1.165) is 93.4 Å². The molecule has 0 aromatic rings. The van der Waals surface area contributed by atoms with Crippen molar-refractivity contribution in [2.24, 2.45) is 57.8 Å². The second kappa shape index (κ2) is 19.4. The van der Waals surface area contributed by atoms with Gasteiger partial charge in [-0.15, -0.1) is 0 Å². The van der Waals surface area contributed by atoms with E-state index in [1.54, 1.807) is 5.57 Å². The highest BCUT2D eigenvalue weighted by atomic mass is 16.2. The van der Waals surface area contributed by atoms with Gasteiger partial charge in [-0.05, 0) is 136 Å². The molecule has 0 bridgehead atoms. The Bertz CT molecular complexity index is 1060. The third kappa shape index (κ3) is 10.6. The van der Waals surface area contributed by atoms with E-state index in [0.29, 0.717) is 24.9 Å². The van der Waals surface area contributed by atoms with Crippen LogP contribution in [0.5, 0.6) is 0 Å². The summed E-state index contributed by atoms with van der Waals surface area (Å²) in [6.45, 7) is 14.9. The van der Waals surface area contributed by atoms with Crippen molar-refractivity contribution in [2.75, 3.05) is 26.2 Å². The van der Waals surface area contributed by atoms with Crippen LogP contribution in [-0.2, 0) is 9.59 Å². The predicted octanol–water partition coefficient (Wildman–Crippen LogP) is 9.16. The Balaban J connectivity index is 1.31. The van der Waals surface area contributed by atoms with Crippen molar-refractivity contribution in [2.45, 2.75) is 175 Å². The van der Waals surface area contributed by atoms with Gasteiger partial charge in [-0.2, -0.15) is 0 Å². The van der Waals surface area contributed by atoms with Gasteiger partial charge in [0.2, 0.25) is 11.8 Å². The highest BCUT2D eigenvalue weighted by Gasteiger charge is 2.59. The number of carbonyl (C=O) groups is 2. The number of hydrogen-bond donors (Lipinski definition) is 3. The van der Waals surface area contributed by atoms with Gasteiger partial charge in [0.15, 0.2) is 0 Å². The average molecular weight is 683 g/mol. The summed E-state index contributed by atoms with van der Waals surface area (Å²) in [5.74, 6) is 5.21. The van der Waals surface area contributed by atoms with E-state index in [9.17, 15) is 9.59 Å². The fourth-order valence-corrected chi connectivity index (χ4v) is 11.5. The summed E-state index contributed by atoms with van der Waals surface area (Å²) in [6.07, 6.45) is 26.9. The minimum atomic E-state index is 0.0223. The monoisotopic (exact) mass is 683 g/mol. The van der Waals surface area contributed by atoms with E-state index >= 15 is 0 Å². The van der Waals surface area contributed by atoms with Gasteiger partial charge in [-0.3, -0.25) is 9.59 Å². The molecule has 4 aliphatic carbocycles. The molecule has 6 heteroatoms. The minimum absolute atomic E-state index is 0.0223. The largest absolute Gasteiger partial charge is 0.352 e. The first-order chi connectivity index (χ1) is 23.5.